The van der Waals surface area contributed by atoms with Crippen LogP contribution in [-0.2, 0) is 17.5 Å². The number of ether oxygens (including phenoxy) is 1. The van der Waals surface area contributed by atoms with E-state index in [-0.39, 0.29) is 41.7 Å². The number of rotatable bonds is 8. The molecule has 1 aliphatic rings. The molecule has 0 unspecified atom stereocenters. The number of nitro groups is 1. The van der Waals surface area contributed by atoms with Crippen LogP contribution in [0.3, 0.4) is 0 Å². The predicted molar refractivity (Wildman–Crippen MR) is 122 cm³/mol. The molecule has 1 aromatic heterocycles. The van der Waals surface area contributed by atoms with Crippen molar-refractivity contribution < 1.29 is 27.6 Å². The van der Waals surface area contributed by atoms with E-state index in [1.165, 1.54) is 12.1 Å². The molecule has 0 atom stereocenters. The van der Waals surface area contributed by atoms with Gasteiger partial charge in [0.05, 0.1) is 33.9 Å². The molecule has 4 rings (SSSR count). The van der Waals surface area contributed by atoms with E-state index in [4.69, 9.17) is 27.9 Å². The second-order valence-corrected chi connectivity index (χ2v) is 8.68. The number of hydrogen-bond donors (Lipinski definition) is 1. The summed E-state index contributed by atoms with van der Waals surface area (Å²) in [5.41, 5.74) is -1.15. The molecule has 184 valence electrons. The van der Waals surface area contributed by atoms with E-state index in [1.54, 1.807) is 24.3 Å². The minimum absolute atomic E-state index is 0.0880. The molecule has 0 bridgehead atoms. The van der Waals surface area contributed by atoms with Gasteiger partial charge in [0.2, 0.25) is 5.91 Å². The lowest BCUT2D eigenvalue weighted by Crippen LogP contribution is -2.16. The molecule has 3 aromatic rings. The first-order chi connectivity index (χ1) is 16.5. The van der Waals surface area contributed by atoms with Crippen LogP contribution < -0.4 is 10.1 Å². The van der Waals surface area contributed by atoms with Crippen molar-refractivity contribution >= 4 is 40.5 Å². The lowest BCUT2D eigenvalue weighted by Gasteiger charge is -2.10. The van der Waals surface area contributed by atoms with Gasteiger partial charge < -0.3 is 10.1 Å². The van der Waals surface area contributed by atoms with Gasteiger partial charge >= 0.3 is 6.18 Å². The van der Waals surface area contributed by atoms with Gasteiger partial charge in [-0.1, -0.05) is 23.2 Å². The number of hydrogen-bond acceptors (Lipinski definition) is 5. The Morgan fingerprint density at radius 1 is 1.17 bits per heavy atom. The number of non-ortho nitro benzene ring substituents is 1. The molecule has 2 aromatic carbocycles. The van der Waals surface area contributed by atoms with Crippen LogP contribution in [0.5, 0.6) is 11.5 Å². The van der Waals surface area contributed by atoms with Crippen molar-refractivity contribution in [2.24, 2.45) is 0 Å². The fourth-order valence-corrected chi connectivity index (χ4v) is 3.96. The molecule has 1 heterocycles. The van der Waals surface area contributed by atoms with Crippen LogP contribution in [0.1, 0.15) is 36.6 Å². The molecule has 8 nitrogen and oxygen atoms in total. The van der Waals surface area contributed by atoms with Crippen LogP contribution in [-0.4, -0.2) is 20.6 Å². The molecule has 1 N–H and O–H groups in total. The van der Waals surface area contributed by atoms with E-state index in [2.05, 4.69) is 10.4 Å². The minimum atomic E-state index is -4.71. The third-order valence-corrected chi connectivity index (χ3v) is 5.77. The summed E-state index contributed by atoms with van der Waals surface area (Å²) >= 11 is 11.8. The first-order valence-corrected chi connectivity index (χ1v) is 11.1. The number of carbonyl (C=O) groups excluding carboxylic acids is 1. The fourth-order valence-electron chi connectivity index (χ4n) is 3.44. The molecule has 1 saturated carbocycles. The number of nitrogens with zero attached hydrogens (tertiary/aromatic N) is 3. The quantitative estimate of drug-likeness (QED) is 0.255. The second kappa shape index (κ2) is 9.74. The number of alkyl halides is 3. The molecule has 0 radical (unpaired) electrons. The highest BCUT2D eigenvalue weighted by Gasteiger charge is 2.42. The van der Waals surface area contributed by atoms with Crippen LogP contribution in [0.15, 0.2) is 42.5 Å². The Labute approximate surface area is 206 Å². The maximum absolute atomic E-state index is 13.2. The summed E-state index contributed by atoms with van der Waals surface area (Å²) < 4.78 is 46.4. The molecule has 0 spiro atoms. The van der Waals surface area contributed by atoms with Crippen molar-refractivity contribution in [2.45, 2.75) is 37.9 Å². The van der Waals surface area contributed by atoms with Crippen LogP contribution in [0.2, 0.25) is 10.0 Å². The number of nitrogens with one attached hydrogen (secondary N) is 1. The van der Waals surface area contributed by atoms with Crippen molar-refractivity contribution in [2.75, 3.05) is 5.32 Å². The summed E-state index contributed by atoms with van der Waals surface area (Å²) in [4.78, 5) is 23.2. The smallest absolute Gasteiger partial charge is 0.436 e. The average Bonchev–Trinajstić information content (AvgIpc) is 3.55. The van der Waals surface area contributed by atoms with Crippen molar-refractivity contribution in [1.82, 2.24) is 9.78 Å². The lowest BCUT2D eigenvalue weighted by atomic mass is 10.2. The Morgan fingerprint density at radius 3 is 2.46 bits per heavy atom. The maximum Gasteiger partial charge on any atom is 0.436 e. The Hall–Kier alpha value is -3.31. The highest BCUT2D eigenvalue weighted by molar-refractivity contribution is 6.32. The maximum atomic E-state index is 13.2. The molecule has 1 aliphatic carbocycles. The van der Waals surface area contributed by atoms with Gasteiger partial charge in [-0.3, -0.25) is 19.6 Å². The van der Waals surface area contributed by atoms with Gasteiger partial charge in [0.25, 0.3) is 5.69 Å². The van der Waals surface area contributed by atoms with E-state index < -0.39 is 27.7 Å². The Balaban J connectivity index is 1.48. The van der Waals surface area contributed by atoms with E-state index in [1.807, 2.05) is 0 Å². The minimum Gasteiger partial charge on any atom is -0.457 e. The molecule has 35 heavy (non-hydrogen) atoms. The van der Waals surface area contributed by atoms with E-state index in [0.29, 0.717) is 23.6 Å². The van der Waals surface area contributed by atoms with Crippen LogP contribution >= 0.6 is 23.2 Å². The molecule has 1 amide bonds. The van der Waals surface area contributed by atoms with Crippen LogP contribution in [0.4, 0.5) is 24.5 Å². The van der Waals surface area contributed by atoms with Crippen LogP contribution in [0.25, 0.3) is 0 Å². The van der Waals surface area contributed by atoms with Gasteiger partial charge in [0.15, 0.2) is 5.69 Å². The molecular weight excluding hydrogens is 512 g/mol. The third kappa shape index (κ3) is 6.04. The average molecular weight is 529 g/mol. The van der Waals surface area contributed by atoms with Gasteiger partial charge in [-0.2, -0.15) is 18.3 Å². The third-order valence-electron chi connectivity index (χ3n) is 5.15. The number of halogens is 5. The number of aromatic nitrogens is 2. The number of anilines is 1. The standard InChI is InChI=1S/C22H17Cl2F3N4O4/c23-13-3-5-16(6-4-13)35-17-10-14(9-15(11-17)31(33)34)28-18(32)7-8-30-20(12-1-2-12)19(24)21(29-30)22(25,26)27/h3-6,9-12H,1-2,7-8H2,(H,28,32). The zero-order valence-electron chi connectivity index (χ0n) is 17.8. The Kier molecular flexibility index (Phi) is 6.91. The zero-order valence-corrected chi connectivity index (χ0v) is 19.3. The van der Waals surface area contributed by atoms with E-state index >= 15 is 0 Å². The van der Waals surface area contributed by atoms with Crippen molar-refractivity contribution in [3.63, 3.8) is 0 Å². The molecule has 0 aliphatic heterocycles. The summed E-state index contributed by atoms with van der Waals surface area (Å²) in [6.07, 6.45) is -3.55. The van der Waals surface area contributed by atoms with E-state index in [0.717, 1.165) is 10.7 Å². The van der Waals surface area contributed by atoms with E-state index in [9.17, 15) is 28.1 Å². The van der Waals surface area contributed by atoms with Crippen molar-refractivity contribution in [3.8, 4) is 11.5 Å². The van der Waals surface area contributed by atoms with Crippen molar-refractivity contribution in [1.29, 1.82) is 0 Å². The summed E-state index contributed by atoms with van der Waals surface area (Å²) in [6.45, 7) is -0.142. The van der Waals surface area contributed by atoms with Crippen molar-refractivity contribution in [3.05, 3.63) is 74.0 Å². The molecule has 1 fully saturated rings. The van der Waals surface area contributed by atoms with Gasteiger partial charge in [-0.15, -0.1) is 0 Å². The number of carbonyl (C=O) groups is 1. The number of aryl methyl sites for hydroxylation is 1. The predicted octanol–water partition coefficient (Wildman–Crippen LogP) is 6.82. The Morgan fingerprint density at radius 2 is 1.86 bits per heavy atom. The molecular formula is C22H17Cl2F3N4O4. The summed E-state index contributed by atoms with van der Waals surface area (Å²) in [7, 11) is 0. The highest BCUT2D eigenvalue weighted by atomic mass is 35.5. The normalized spacial score (nSPS) is 13.5. The highest BCUT2D eigenvalue weighted by Crippen LogP contribution is 2.47. The fraction of sp³-hybridized carbons (Fsp3) is 0.273. The van der Waals surface area contributed by atoms with Gasteiger partial charge in [-0.05, 0) is 37.1 Å². The first kappa shape index (κ1) is 24.8. The lowest BCUT2D eigenvalue weighted by molar-refractivity contribution is -0.384. The molecule has 0 saturated heterocycles. The van der Waals surface area contributed by atoms with Crippen LogP contribution in [0, 0.1) is 10.1 Å². The monoisotopic (exact) mass is 528 g/mol. The number of benzene rings is 2. The number of nitro benzene ring substituents is 1. The summed E-state index contributed by atoms with van der Waals surface area (Å²) in [5, 5.41) is 17.5. The largest absolute Gasteiger partial charge is 0.457 e. The second-order valence-electron chi connectivity index (χ2n) is 7.87. The SMILES string of the molecule is O=C(CCn1nc(C(F)(F)F)c(Cl)c1C1CC1)Nc1cc(Oc2ccc(Cl)cc2)cc([N+](=O)[O-])c1. The zero-order chi connectivity index (χ0) is 25.3. The summed E-state index contributed by atoms with van der Waals surface area (Å²) in [6, 6.07) is 10.0. The topological polar surface area (TPSA) is 99.3 Å². The molecule has 13 heteroatoms. The van der Waals surface area contributed by atoms with Gasteiger partial charge in [-0.25, -0.2) is 0 Å². The summed E-state index contributed by atoms with van der Waals surface area (Å²) in [5.74, 6) is -0.235. The Bertz CT molecular complexity index is 1270. The number of amides is 1. The van der Waals surface area contributed by atoms with Gasteiger partial charge in [0, 0.05) is 29.5 Å². The van der Waals surface area contributed by atoms with Gasteiger partial charge in [0.1, 0.15) is 11.5 Å². The first-order valence-electron chi connectivity index (χ1n) is 10.4.